The predicted molar refractivity (Wildman–Crippen MR) is 43.7 cm³/mol. The largest absolute Gasteiger partial charge is 0.465 e. The van der Waals surface area contributed by atoms with Crippen molar-refractivity contribution >= 4 is 11.8 Å². The molecule has 0 radical (unpaired) electrons. The molecule has 1 heterocycles. The average Bonchev–Trinajstić information content (AvgIpc) is 2.26. The lowest BCUT2D eigenvalue weighted by molar-refractivity contribution is 0.0601. The van der Waals surface area contributed by atoms with Gasteiger partial charge >= 0.3 is 5.97 Å². The highest BCUT2D eigenvalue weighted by Crippen LogP contribution is 2.14. The minimum Gasteiger partial charge on any atom is -0.465 e. The van der Waals surface area contributed by atoms with Gasteiger partial charge in [0.1, 0.15) is 5.56 Å². The number of ether oxygens (including phenoxy) is 1. The van der Waals surface area contributed by atoms with Gasteiger partial charge in [-0.05, 0) is 6.92 Å². The molecule has 0 bridgehead atoms. The number of anilines is 1. The molecule has 0 fully saturated rings. The molecule has 1 aromatic heterocycles. The molecule has 0 saturated heterocycles. The number of nitrogens with two attached hydrogens (primary N) is 1. The Bertz CT molecular complexity index is 317. The van der Waals surface area contributed by atoms with Crippen molar-refractivity contribution in [1.82, 2.24) is 9.78 Å². The second kappa shape index (κ2) is 2.84. The van der Waals surface area contributed by atoms with Gasteiger partial charge in [0, 0.05) is 7.05 Å². The molecule has 0 spiro atoms. The third kappa shape index (κ3) is 1.13. The second-order valence-electron chi connectivity index (χ2n) is 2.46. The summed E-state index contributed by atoms with van der Waals surface area (Å²) in [7, 11) is 3.03. The summed E-state index contributed by atoms with van der Waals surface area (Å²) in [4.78, 5) is 11.1. The van der Waals surface area contributed by atoms with Gasteiger partial charge in [-0.3, -0.25) is 4.68 Å². The Morgan fingerprint density at radius 3 is 2.58 bits per heavy atom. The maximum atomic E-state index is 11.1. The van der Waals surface area contributed by atoms with E-state index in [-0.39, 0.29) is 5.82 Å². The predicted octanol–water partition coefficient (Wildman–Crippen LogP) is 0.0973. The van der Waals surface area contributed by atoms with Crippen LogP contribution in [-0.4, -0.2) is 22.9 Å². The number of aryl methyl sites for hydroxylation is 1. The Balaban J connectivity index is 3.22. The van der Waals surface area contributed by atoms with Gasteiger partial charge in [-0.15, -0.1) is 0 Å². The topological polar surface area (TPSA) is 70.1 Å². The molecule has 0 unspecified atom stereocenters. The number of hydrogen-bond donors (Lipinski definition) is 1. The van der Waals surface area contributed by atoms with E-state index < -0.39 is 5.97 Å². The van der Waals surface area contributed by atoms with Crippen LogP contribution in [0.5, 0.6) is 0 Å². The molecular formula is C7H11N3O2. The zero-order chi connectivity index (χ0) is 9.30. The lowest BCUT2D eigenvalue weighted by Crippen LogP contribution is -2.05. The normalized spacial score (nSPS) is 9.92. The lowest BCUT2D eigenvalue weighted by Gasteiger charge is -1.97. The molecule has 0 aliphatic rings. The monoisotopic (exact) mass is 169 g/mol. The van der Waals surface area contributed by atoms with Crippen molar-refractivity contribution in [3.05, 3.63) is 11.3 Å². The number of esters is 1. The highest BCUT2D eigenvalue weighted by atomic mass is 16.5. The standard InChI is InChI=1S/C7H11N3O2/c1-4-5(7(11)12-3)6(8)9-10(4)2/h1-3H3,(H2,8,9). The van der Waals surface area contributed by atoms with E-state index in [2.05, 4.69) is 9.84 Å². The van der Waals surface area contributed by atoms with Crippen LogP contribution in [0.2, 0.25) is 0 Å². The van der Waals surface area contributed by atoms with Gasteiger partial charge in [-0.2, -0.15) is 5.10 Å². The fraction of sp³-hybridized carbons (Fsp3) is 0.429. The van der Waals surface area contributed by atoms with Gasteiger partial charge < -0.3 is 10.5 Å². The summed E-state index contributed by atoms with van der Waals surface area (Å²) in [6.07, 6.45) is 0. The Hall–Kier alpha value is -1.52. The van der Waals surface area contributed by atoms with Crippen molar-refractivity contribution in [3.63, 3.8) is 0 Å². The molecule has 12 heavy (non-hydrogen) atoms. The van der Waals surface area contributed by atoms with E-state index >= 15 is 0 Å². The Morgan fingerprint density at radius 1 is 1.67 bits per heavy atom. The molecule has 2 N–H and O–H groups in total. The van der Waals surface area contributed by atoms with E-state index in [0.29, 0.717) is 11.3 Å². The molecule has 0 amide bonds. The first-order valence-corrected chi connectivity index (χ1v) is 3.45. The van der Waals surface area contributed by atoms with Gasteiger partial charge in [-0.25, -0.2) is 4.79 Å². The van der Waals surface area contributed by atoms with Gasteiger partial charge in [0.05, 0.1) is 12.8 Å². The molecule has 0 aliphatic heterocycles. The molecule has 1 aromatic rings. The number of nitrogens with zero attached hydrogens (tertiary/aromatic N) is 2. The molecule has 0 aliphatic carbocycles. The Labute approximate surface area is 70.1 Å². The first kappa shape index (κ1) is 8.58. The zero-order valence-electron chi connectivity index (χ0n) is 7.29. The summed E-state index contributed by atoms with van der Waals surface area (Å²) < 4.78 is 6.08. The van der Waals surface area contributed by atoms with Gasteiger partial charge in [0.15, 0.2) is 5.82 Å². The number of nitrogen functional groups attached to an aromatic ring is 1. The minimum atomic E-state index is -0.446. The SMILES string of the molecule is COC(=O)c1c(N)nn(C)c1C. The molecular weight excluding hydrogens is 158 g/mol. The van der Waals surface area contributed by atoms with Crippen molar-refractivity contribution in [2.24, 2.45) is 7.05 Å². The van der Waals surface area contributed by atoms with E-state index in [1.165, 1.54) is 7.11 Å². The summed E-state index contributed by atoms with van der Waals surface area (Å²) in [5.41, 5.74) is 6.54. The number of rotatable bonds is 1. The fourth-order valence-corrected chi connectivity index (χ4v) is 0.988. The highest BCUT2D eigenvalue weighted by Gasteiger charge is 2.17. The Morgan fingerprint density at radius 2 is 2.25 bits per heavy atom. The lowest BCUT2D eigenvalue weighted by atomic mass is 10.2. The van der Waals surface area contributed by atoms with Gasteiger partial charge in [0.2, 0.25) is 0 Å². The molecule has 1 rings (SSSR count). The molecule has 0 aromatic carbocycles. The van der Waals surface area contributed by atoms with E-state index in [4.69, 9.17) is 5.73 Å². The summed E-state index contributed by atoms with van der Waals surface area (Å²) in [5.74, 6) is -0.236. The molecule has 0 saturated carbocycles. The van der Waals surface area contributed by atoms with Crippen molar-refractivity contribution in [1.29, 1.82) is 0 Å². The minimum absolute atomic E-state index is 0.210. The zero-order valence-corrected chi connectivity index (χ0v) is 7.29. The molecule has 66 valence electrons. The maximum absolute atomic E-state index is 11.1. The van der Waals surface area contributed by atoms with Crippen LogP contribution in [0.15, 0.2) is 0 Å². The molecule has 0 atom stereocenters. The van der Waals surface area contributed by atoms with E-state index in [1.54, 1.807) is 18.7 Å². The number of aromatic nitrogens is 2. The van der Waals surface area contributed by atoms with Crippen molar-refractivity contribution in [2.75, 3.05) is 12.8 Å². The van der Waals surface area contributed by atoms with Crippen LogP contribution in [0.25, 0.3) is 0 Å². The quantitative estimate of drug-likeness (QED) is 0.605. The molecule has 5 nitrogen and oxygen atoms in total. The fourth-order valence-electron chi connectivity index (χ4n) is 0.988. The first-order valence-electron chi connectivity index (χ1n) is 3.45. The highest BCUT2D eigenvalue weighted by molar-refractivity contribution is 5.95. The first-order chi connectivity index (χ1) is 5.57. The van der Waals surface area contributed by atoms with Crippen molar-refractivity contribution in [3.8, 4) is 0 Å². The Kier molecular flexibility index (Phi) is 2.03. The third-order valence-corrected chi connectivity index (χ3v) is 1.75. The van der Waals surface area contributed by atoms with Crippen molar-refractivity contribution in [2.45, 2.75) is 6.92 Å². The third-order valence-electron chi connectivity index (χ3n) is 1.75. The second-order valence-corrected chi connectivity index (χ2v) is 2.46. The van der Waals surface area contributed by atoms with Crippen LogP contribution >= 0.6 is 0 Å². The number of carbonyl (C=O) groups is 1. The summed E-state index contributed by atoms with van der Waals surface area (Å²) in [6.45, 7) is 1.76. The maximum Gasteiger partial charge on any atom is 0.343 e. The number of methoxy groups -OCH3 is 1. The smallest absolute Gasteiger partial charge is 0.343 e. The van der Waals surface area contributed by atoms with Gasteiger partial charge in [0.25, 0.3) is 0 Å². The van der Waals surface area contributed by atoms with E-state index in [9.17, 15) is 4.79 Å². The van der Waals surface area contributed by atoms with E-state index in [0.717, 1.165) is 0 Å². The van der Waals surface area contributed by atoms with Crippen LogP contribution in [-0.2, 0) is 11.8 Å². The van der Waals surface area contributed by atoms with E-state index in [1.807, 2.05) is 0 Å². The van der Waals surface area contributed by atoms with Gasteiger partial charge in [-0.1, -0.05) is 0 Å². The molecule has 5 heteroatoms. The summed E-state index contributed by atoms with van der Waals surface area (Å²) in [5, 5.41) is 3.87. The number of hydrogen-bond acceptors (Lipinski definition) is 4. The average molecular weight is 169 g/mol. The van der Waals surface area contributed by atoms with Crippen LogP contribution in [0.4, 0.5) is 5.82 Å². The van der Waals surface area contributed by atoms with Crippen LogP contribution < -0.4 is 5.73 Å². The van der Waals surface area contributed by atoms with Crippen LogP contribution in [0.3, 0.4) is 0 Å². The summed E-state index contributed by atoms with van der Waals surface area (Å²) >= 11 is 0. The number of carbonyl (C=O) groups excluding carboxylic acids is 1. The van der Waals surface area contributed by atoms with Crippen LogP contribution in [0, 0.1) is 6.92 Å². The summed E-state index contributed by atoms with van der Waals surface area (Å²) in [6, 6.07) is 0. The van der Waals surface area contributed by atoms with Crippen molar-refractivity contribution < 1.29 is 9.53 Å². The van der Waals surface area contributed by atoms with Crippen LogP contribution in [0.1, 0.15) is 16.1 Å².